The van der Waals surface area contributed by atoms with Crippen LogP contribution in [0, 0.1) is 11.5 Å². The molecule has 6 nitrogen and oxygen atoms in total. The molecule has 0 spiro atoms. The van der Waals surface area contributed by atoms with Crippen LogP contribution >= 0.6 is 45.9 Å². The molecule has 0 atom stereocenters. The van der Waals surface area contributed by atoms with E-state index in [2.05, 4.69) is 15.0 Å². The molecule has 0 fully saturated rings. The van der Waals surface area contributed by atoms with Gasteiger partial charge in [-0.25, -0.2) is 4.98 Å². The zero-order valence-corrected chi connectivity index (χ0v) is 16.5. The van der Waals surface area contributed by atoms with Crippen LogP contribution in [0.25, 0.3) is 0 Å². The molecule has 3 aromatic rings. The van der Waals surface area contributed by atoms with Crippen molar-refractivity contribution < 1.29 is 4.74 Å². The van der Waals surface area contributed by atoms with Gasteiger partial charge in [0.15, 0.2) is 10.6 Å². The molecular weight excluding hydrogens is 413 g/mol. The van der Waals surface area contributed by atoms with Crippen molar-refractivity contribution in [1.82, 2.24) is 9.55 Å². The van der Waals surface area contributed by atoms with Gasteiger partial charge in [0.05, 0.1) is 30.4 Å². The number of rotatable bonds is 4. The van der Waals surface area contributed by atoms with Gasteiger partial charge in [-0.3, -0.25) is 0 Å². The molecule has 2 heterocycles. The number of aromatic nitrogens is 2. The first-order valence-electron chi connectivity index (χ1n) is 7.19. The van der Waals surface area contributed by atoms with Crippen molar-refractivity contribution in [3.05, 3.63) is 60.7 Å². The molecule has 26 heavy (non-hydrogen) atoms. The molecule has 0 N–H and O–H groups in total. The number of hydrogen-bond acceptors (Lipinski definition) is 6. The van der Waals surface area contributed by atoms with E-state index < -0.39 is 0 Å². The molecule has 132 valence electrons. The highest BCUT2D eigenvalue weighted by atomic mass is 35.5. The lowest BCUT2D eigenvalue weighted by molar-refractivity contribution is 0.414. The van der Waals surface area contributed by atoms with Crippen molar-refractivity contribution in [3.8, 4) is 11.9 Å². The highest BCUT2D eigenvalue weighted by molar-refractivity contribution is 7.13. The maximum absolute atomic E-state index is 9.08. The van der Waals surface area contributed by atoms with E-state index in [4.69, 9.17) is 33.2 Å². The molecule has 10 heteroatoms. The molecule has 1 aromatic carbocycles. The average Bonchev–Trinajstić information content (AvgIpc) is 3.24. The SMILES string of the molecule is COc1ccc(Cl)cc1C(=NC#N)/N=c1\sc(Cl)cn1Cc1cscn1. The predicted molar refractivity (Wildman–Crippen MR) is 104 cm³/mol. The average molecular weight is 424 g/mol. The van der Waals surface area contributed by atoms with Crippen molar-refractivity contribution in [1.29, 1.82) is 5.26 Å². The lowest BCUT2D eigenvalue weighted by atomic mass is 10.2. The van der Waals surface area contributed by atoms with E-state index in [1.165, 1.54) is 29.8 Å². The first-order valence-corrected chi connectivity index (χ1v) is 9.70. The fraction of sp³-hybridized carbons (Fsp3) is 0.125. The smallest absolute Gasteiger partial charge is 0.207 e. The standard InChI is InChI=1S/C16H11Cl2N5OS2/c1-24-13-3-2-10(17)4-12(13)15(20-8-19)22-16-23(6-14(18)26-16)5-11-7-25-9-21-11/h2-4,6-7,9H,5H2,1H3/b20-15?,22-16-. The van der Waals surface area contributed by atoms with Crippen molar-refractivity contribution in [2.24, 2.45) is 9.98 Å². The van der Waals surface area contributed by atoms with Gasteiger partial charge < -0.3 is 9.30 Å². The molecule has 0 bridgehead atoms. The Kier molecular flexibility index (Phi) is 6.06. The highest BCUT2D eigenvalue weighted by Gasteiger charge is 2.12. The van der Waals surface area contributed by atoms with Crippen molar-refractivity contribution >= 4 is 51.7 Å². The topological polar surface area (TPSA) is 75.6 Å². The molecule has 3 rings (SSSR count). The number of hydrogen-bond donors (Lipinski definition) is 0. The predicted octanol–water partition coefficient (Wildman–Crippen LogP) is 4.20. The molecule has 0 aliphatic carbocycles. The second-order valence-electron chi connectivity index (χ2n) is 4.92. The Morgan fingerprint density at radius 3 is 2.96 bits per heavy atom. The number of benzene rings is 1. The maximum Gasteiger partial charge on any atom is 0.207 e. The minimum absolute atomic E-state index is 0.192. The van der Waals surface area contributed by atoms with Crippen LogP contribution in [0.1, 0.15) is 11.3 Å². The zero-order chi connectivity index (χ0) is 18.5. The minimum Gasteiger partial charge on any atom is -0.496 e. The second-order valence-corrected chi connectivity index (χ2v) is 7.71. The lowest BCUT2D eigenvalue weighted by Crippen LogP contribution is -2.17. The maximum atomic E-state index is 9.08. The fourth-order valence-corrected chi connectivity index (χ4v) is 3.95. The highest BCUT2D eigenvalue weighted by Crippen LogP contribution is 2.24. The first-order chi connectivity index (χ1) is 12.6. The van der Waals surface area contributed by atoms with Gasteiger partial charge in [-0.1, -0.05) is 34.5 Å². The molecular formula is C16H11Cl2N5OS2. The zero-order valence-electron chi connectivity index (χ0n) is 13.4. The quantitative estimate of drug-likeness (QED) is 0.358. The molecule has 0 saturated carbocycles. The number of amidine groups is 1. The van der Waals surface area contributed by atoms with Crippen LogP contribution in [0.5, 0.6) is 5.75 Å². The van der Waals surface area contributed by atoms with E-state index in [0.717, 1.165) is 5.69 Å². The summed E-state index contributed by atoms with van der Waals surface area (Å²) in [5.74, 6) is 0.707. The summed E-state index contributed by atoms with van der Waals surface area (Å²) >= 11 is 15.0. The molecule has 0 aliphatic heterocycles. The fourth-order valence-electron chi connectivity index (χ4n) is 2.18. The molecule has 0 radical (unpaired) electrons. The van der Waals surface area contributed by atoms with Crippen LogP contribution < -0.4 is 9.54 Å². The van der Waals surface area contributed by atoms with E-state index in [-0.39, 0.29) is 5.84 Å². The van der Waals surface area contributed by atoms with Crippen LogP contribution in [0.4, 0.5) is 0 Å². The number of nitriles is 1. The van der Waals surface area contributed by atoms with Gasteiger partial charge in [-0.2, -0.15) is 15.2 Å². The Morgan fingerprint density at radius 2 is 2.27 bits per heavy atom. The van der Waals surface area contributed by atoms with E-state index >= 15 is 0 Å². The Labute approximate surface area is 167 Å². The molecule has 2 aromatic heterocycles. The lowest BCUT2D eigenvalue weighted by Gasteiger charge is -2.07. The number of halogens is 2. The third-order valence-corrected chi connectivity index (χ3v) is 5.28. The molecule has 0 saturated heterocycles. The van der Waals surface area contributed by atoms with E-state index in [9.17, 15) is 0 Å². The number of aliphatic imine (C=N–C) groups is 1. The summed E-state index contributed by atoms with van der Waals surface area (Å²) in [5, 5.41) is 11.5. The van der Waals surface area contributed by atoms with Crippen molar-refractivity contribution in [3.63, 3.8) is 0 Å². The summed E-state index contributed by atoms with van der Waals surface area (Å²) in [6.45, 7) is 0.512. The summed E-state index contributed by atoms with van der Waals surface area (Å²) < 4.78 is 7.76. The normalized spacial score (nSPS) is 12.2. The van der Waals surface area contributed by atoms with Gasteiger partial charge in [0, 0.05) is 16.6 Å². The second kappa shape index (κ2) is 8.47. The van der Waals surface area contributed by atoms with E-state index in [1.54, 1.807) is 36.1 Å². The number of methoxy groups -OCH3 is 1. The Balaban J connectivity index is 2.11. The third-order valence-electron chi connectivity index (χ3n) is 3.27. The Hall–Kier alpha value is -2.18. The third kappa shape index (κ3) is 4.31. The van der Waals surface area contributed by atoms with Crippen molar-refractivity contribution in [2.45, 2.75) is 6.54 Å². The van der Waals surface area contributed by atoms with Gasteiger partial charge in [0.25, 0.3) is 0 Å². The van der Waals surface area contributed by atoms with Crippen LogP contribution in [0.15, 0.2) is 45.3 Å². The van der Waals surface area contributed by atoms with Crippen LogP contribution in [-0.4, -0.2) is 22.5 Å². The van der Waals surface area contributed by atoms with Gasteiger partial charge in [-0.05, 0) is 18.2 Å². The molecule has 0 amide bonds. The van der Waals surface area contributed by atoms with Crippen LogP contribution in [-0.2, 0) is 6.54 Å². The summed E-state index contributed by atoms with van der Waals surface area (Å²) in [4.78, 5) is 13.2. The van der Waals surface area contributed by atoms with E-state index in [0.29, 0.717) is 32.0 Å². The van der Waals surface area contributed by atoms with Gasteiger partial charge in [0.2, 0.25) is 6.19 Å². The van der Waals surface area contributed by atoms with Crippen LogP contribution in [0.2, 0.25) is 9.36 Å². The Morgan fingerprint density at radius 1 is 1.42 bits per heavy atom. The number of nitrogens with zero attached hydrogens (tertiary/aromatic N) is 5. The first kappa shape index (κ1) is 18.6. The summed E-state index contributed by atoms with van der Waals surface area (Å²) in [7, 11) is 1.53. The monoisotopic (exact) mass is 423 g/mol. The van der Waals surface area contributed by atoms with Gasteiger partial charge >= 0.3 is 0 Å². The number of ether oxygens (including phenoxy) is 1. The summed E-state index contributed by atoms with van der Waals surface area (Å²) in [5.41, 5.74) is 3.18. The van der Waals surface area contributed by atoms with Crippen molar-refractivity contribution in [2.75, 3.05) is 7.11 Å². The number of thiazole rings is 2. The van der Waals surface area contributed by atoms with Gasteiger partial charge in [-0.15, -0.1) is 11.3 Å². The van der Waals surface area contributed by atoms with E-state index in [1.807, 2.05) is 9.95 Å². The largest absolute Gasteiger partial charge is 0.496 e. The van der Waals surface area contributed by atoms with Crippen LogP contribution in [0.3, 0.4) is 0 Å². The Bertz CT molecular complexity index is 1050. The summed E-state index contributed by atoms with van der Waals surface area (Å²) in [6, 6.07) is 5.04. The molecule has 0 aliphatic rings. The summed E-state index contributed by atoms with van der Waals surface area (Å²) in [6.07, 6.45) is 3.54. The minimum atomic E-state index is 0.192. The van der Waals surface area contributed by atoms with Gasteiger partial charge in [0.1, 0.15) is 10.1 Å². The molecule has 0 unspecified atom stereocenters.